The number of benzene rings is 1. The smallest absolute Gasteiger partial charge is 0.230 e. The highest BCUT2D eigenvalue weighted by molar-refractivity contribution is 5.94. The zero-order chi connectivity index (χ0) is 12.7. The Morgan fingerprint density at radius 1 is 1.29 bits per heavy atom. The van der Waals surface area contributed by atoms with Gasteiger partial charge in [-0.3, -0.25) is 14.9 Å². The van der Waals surface area contributed by atoms with Gasteiger partial charge in [0.05, 0.1) is 6.42 Å². The zero-order valence-electron chi connectivity index (χ0n) is 9.73. The van der Waals surface area contributed by atoms with Crippen LogP contribution in [0.4, 0.5) is 0 Å². The molecule has 0 fully saturated rings. The molecular weight excluding hydrogens is 220 g/mol. The fourth-order valence-corrected chi connectivity index (χ4v) is 1.31. The molecule has 0 saturated carbocycles. The third kappa shape index (κ3) is 5.12. The number of nitrogens with two attached hydrogens (primary N) is 1. The van der Waals surface area contributed by atoms with Crippen LogP contribution in [0.25, 0.3) is 0 Å². The molecule has 1 aromatic rings. The molecule has 1 rings (SSSR count). The van der Waals surface area contributed by atoms with Crippen molar-refractivity contribution in [2.45, 2.75) is 13.3 Å². The van der Waals surface area contributed by atoms with Crippen molar-refractivity contribution < 1.29 is 14.3 Å². The van der Waals surface area contributed by atoms with Crippen molar-refractivity contribution in [3.05, 3.63) is 29.8 Å². The maximum absolute atomic E-state index is 11.3. The van der Waals surface area contributed by atoms with Gasteiger partial charge in [0.15, 0.2) is 0 Å². The van der Waals surface area contributed by atoms with E-state index in [1.807, 2.05) is 0 Å². The van der Waals surface area contributed by atoms with Crippen molar-refractivity contribution in [1.82, 2.24) is 5.32 Å². The number of nitrogens with one attached hydrogen (secondary N) is 1. The highest BCUT2D eigenvalue weighted by Crippen LogP contribution is 2.12. The van der Waals surface area contributed by atoms with Gasteiger partial charge in [0.25, 0.3) is 0 Å². The van der Waals surface area contributed by atoms with Gasteiger partial charge in [0.1, 0.15) is 12.4 Å². The second-order valence-electron chi connectivity index (χ2n) is 3.56. The Labute approximate surface area is 99.9 Å². The van der Waals surface area contributed by atoms with Crippen molar-refractivity contribution in [3.8, 4) is 5.75 Å². The Morgan fingerprint density at radius 2 is 1.94 bits per heavy atom. The molecule has 0 radical (unpaired) electrons. The second-order valence-corrected chi connectivity index (χ2v) is 3.56. The van der Waals surface area contributed by atoms with Crippen LogP contribution < -0.4 is 15.8 Å². The minimum Gasteiger partial charge on any atom is -0.492 e. The third-order valence-electron chi connectivity index (χ3n) is 1.99. The lowest BCUT2D eigenvalue weighted by Crippen LogP contribution is -2.29. The van der Waals surface area contributed by atoms with E-state index in [0.717, 1.165) is 5.56 Å². The van der Waals surface area contributed by atoms with E-state index in [0.29, 0.717) is 18.9 Å². The first kappa shape index (κ1) is 13.2. The molecule has 2 amide bonds. The van der Waals surface area contributed by atoms with Gasteiger partial charge in [-0.1, -0.05) is 12.1 Å². The van der Waals surface area contributed by atoms with Crippen LogP contribution in [0.15, 0.2) is 24.3 Å². The molecule has 0 unspecified atom stereocenters. The van der Waals surface area contributed by atoms with Crippen LogP contribution in [0, 0.1) is 0 Å². The largest absolute Gasteiger partial charge is 0.492 e. The van der Waals surface area contributed by atoms with Crippen molar-refractivity contribution in [2.24, 2.45) is 5.73 Å². The first-order valence-electron chi connectivity index (χ1n) is 5.34. The van der Waals surface area contributed by atoms with Gasteiger partial charge >= 0.3 is 0 Å². The Morgan fingerprint density at radius 3 is 2.47 bits per heavy atom. The van der Waals surface area contributed by atoms with E-state index >= 15 is 0 Å². The predicted molar refractivity (Wildman–Crippen MR) is 63.5 cm³/mol. The standard InChI is InChI=1S/C12H16N2O3/c1-9(15)14-12(16)8-10-2-4-11(5-3-10)17-7-6-13/h2-5H,6-8,13H2,1H3,(H,14,15,16). The highest BCUT2D eigenvalue weighted by Gasteiger charge is 2.05. The van der Waals surface area contributed by atoms with Crippen LogP contribution >= 0.6 is 0 Å². The maximum atomic E-state index is 11.3. The number of carbonyl (C=O) groups excluding carboxylic acids is 2. The summed E-state index contributed by atoms with van der Waals surface area (Å²) in [5.41, 5.74) is 6.13. The van der Waals surface area contributed by atoms with Crippen molar-refractivity contribution in [1.29, 1.82) is 0 Å². The summed E-state index contributed by atoms with van der Waals surface area (Å²) in [7, 11) is 0. The monoisotopic (exact) mass is 236 g/mol. The quantitative estimate of drug-likeness (QED) is 0.766. The first-order chi connectivity index (χ1) is 8.11. The summed E-state index contributed by atoms with van der Waals surface area (Å²) in [6.07, 6.45) is 0.177. The molecule has 3 N–H and O–H groups in total. The zero-order valence-corrected chi connectivity index (χ0v) is 9.73. The Bertz CT molecular complexity index is 387. The van der Waals surface area contributed by atoms with Gasteiger partial charge in [-0.2, -0.15) is 0 Å². The predicted octanol–water partition coefficient (Wildman–Crippen LogP) is 0.229. The second kappa shape index (κ2) is 6.65. The first-order valence-corrected chi connectivity index (χ1v) is 5.34. The summed E-state index contributed by atoms with van der Waals surface area (Å²) in [6.45, 7) is 2.23. The molecule has 5 nitrogen and oxygen atoms in total. The molecule has 92 valence electrons. The summed E-state index contributed by atoms with van der Waals surface area (Å²) in [5, 5.41) is 2.21. The van der Waals surface area contributed by atoms with Crippen LogP contribution in [0.3, 0.4) is 0 Å². The molecule has 0 aromatic heterocycles. The van der Waals surface area contributed by atoms with E-state index in [2.05, 4.69) is 5.32 Å². The van der Waals surface area contributed by atoms with E-state index in [1.165, 1.54) is 6.92 Å². The van der Waals surface area contributed by atoms with Crippen LogP contribution in [0.5, 0.6) is 5.75 Å². The molecule has 0 spiro atoms. The molecule has 5 heteroatoms. The summed E-state index contributed by atoms with van der Waals surface area (Å²) in [4.78, 5) is 22.0. The number of carbonyl (C=O) groups is 2. The molecule has 0 aliphatic heterocycles. The van der Waals surface area contributed by atoms with E-state index in [-0.39, 0.29) is 18.2 Å². The molecule has 0 aliphatic rings. The number of ether oxygens (including phenoxy) is 1. The molecule has 0 aliphatic carbocycles. The van der Waals surface area contributed by atoms with Crippen molar-refractivity contribution in [3.63, 3.8) is 0 Å². The Kier molecular flexibility index (Phi) is 5.16. The average molecular weight is 236 g/mol. The summed E-state index contributed by atoms with van der Waals surface area (Å²) < 4.78 is 5.30. The number of imide groups is 1. The number of hydrogen-bond acceptors (Lipinski definition) is 4. The van der Waals surface area contributed by atoms with Gasteiger partial charge in [0.2, 0.25) is 11.8 Å². The Balaban J connectivity index is 2.50. The molecule has 0 bridgehead atoms. The average Bonchev–Trinajstić information content (AvgIpc) is 2.27. The molecule has 17 heavy (non-hydrogen) atoms. The van der Waals surface area contributed by atoms with E-state index < -0.39 is 0 Å². The van der Waals surface area contributed by atoms with E-state index in [9.17, 15) is 9.59 Å². The molecule has 0 atom stereocenters. The third-order valence-corrected chi connectivity index (χ3v) is 1.99. The summed E-state index contributed by atoms with van der Waals surface area (Å²) in [6, 6.07) is 7.11. The van der Waals surface area contributed by atoms with Gasteiger partial charge in [-0.05, 0) is 17.7 Å². The van der Waals surface area contributed by atoms with Crippen molar-refractivity contribution >= 4 is 11.8 Å². The minimum absolute atomic E-state index is 0.177. The fourth-order valence-electron chi connectivity index (χ4n) is 1.31. The van der Waals surface area contributed by atoms with Crippen LogP contribution in [0.2, 0.25) is 0 Å². The summed E-state index contributed by atoms with van der Waals surface area (Å²) in [5.74, 6) is 0.0530. The van der Waals surface area contributed by atoms with Crippen LogP contribution in [-0.4, -0.2) is 25.0 Å². The van der Waals surface area contributed by atoms with E-state index in [4.69, 9.17) is 10.5 Å². The van der Waals surface area contributed by atoms with Gasteiger partial charge in [-0.25, -0.2) is 0 Å². The lowest BCUT2D eigenvalue weighted by Gasteiger charge is -2.05. The van der Waals surface area contributed by atoms with Gasteiger partial charge in [-0.15, -0.1) is 0 Å². The normalized spacial score (nSPS) is 9.76. The van der Waals surface area contributed by atoms with Gasteiger partial charge in [0, 0.05) is 13.5 Å². The topological polar surface area (TPSA) is 81.4 Å². The lowest BCUT2D eigenvalue weighted by atomic mass is 10.1. The number of hydrogen-bond donors (Lipinski definition) is 2. The minimum atomic E-state index is -0.349. The number of amides is 2. The molecule has 0 heterocycles. The fraction of sp³-hybridized carbons (Fsp3) is 0.333. The Hall–Kier alpha value is -1.88. The lowest BCUT2D eigenvalue weighted by molar-refractivity contribution is -0.128. The van der Waals surface area contributed by atoms with Crippen LogP contribution in [0.1, 0.15) is 12.5 Å². The molecular formula is C12H16N2O3. The summed E-state index contributed by atoms with van der Waals surface area (Å²) >= 11 is 0. The highest BCUT2D eigenvalue weighted by atomic mass is 16.5. The van der Waals surface area contributed by atoms with E-state index in [1.54, 1.807) is 24.3 Å². The molecule has 0 saturated heterocycles. The maximum Gasteiger partial charge on any atom is 0.230 e. The van der Waals surface area contributed by atoms with Crippen LogP contribution in [-0.2, 0) is 16.0 Å². The number of rotatable bonds is 5. The SMILES string of the molecule is CC(=O)NC(=O)Cc1ccc(OCCN)cc1. The van der Waals surface area contributed by atoms with Crippen molar-refractivity contribution in [2.75, 3.05) is 13.2 Å². The van der Waals surface area contributed by atoms with Gasteiger partial charge < -0.3 is 10.5 Å². The molecule has 1 aromatic carbocycles.